The average Bonchev–Trinajstić information content (AvgIpc) is 2.83. The summed E-state index contributed by atoms with van der Waals surface area (Å²) in [6, 6.07) is 12.2. The van der Waals surface area contributed by atoms with Crippen molar-refractivity contribution in [2.24, 2.45) is 0 Å². The average molecular weight is 232 g/mol. The molecule has 0 saturated heterocycles. The second-order valence-electron chi connectivity index (χ2n) is 3.91. The first-order chi connectivity index (χ1) is 7.81. The largest absolute Gasteiger partial charge is 0.383 e. The number of aliphatic hydroxyl groups excluding tert-OH is 1. The summed E-state index contributed by atoms with van der Waals surface area (Å²) < 4.78 is 0. The number of thiophene rings is 1. The minimum Gasteiger partial charge on any atom is -0.383 e. The number of aliphatic hydroxyl groups is 1. The molecule has 1 N–H and O–H groups in total. The lowest BCUT2D eigenvalue weighted by atomic mass is 10.0. The highest BCUT2D eigenvalue weighted by atomic mass is 32.1. The van der Waals surface area contributed by atoms with Gasteiger partial charge in [-0.1, -0.05) is 43.7 Å². The fourth-order valence-corrected chi connectivity index (χ4v) is 2.50. The molecule has 1 aromatic heterocycles. The van der Waals surface area contributed by atoms with Crippen molar-refractivity contribution in [3.63, 3.8) is 0 Å². The van der Waals surface area contributed by atoms with E-state index in [2.05, 4.69) is 19.1 Å². The van der Waals surface area contributed by atoms with Crippen molar-refractivity contribution in [1.82, 2.24) is 0 Å². The monoisotopic (exact) mass is 232 g/mol. The third kappa shape index (κ3) is 2.52. The van der Waals surface area contributed by atoms with E-state index in [1.807, 2.05) is 29.6 Å². The van der Waals surface area contributed by atoms with Gasteiger partial charge >= 0.3 is 0 Å². The normalized spacial score (nSPS) is 12.6. The topological polar surface area (TPSA) is 20.2 Å². The van der Waals surface area contributed by atoms with Gasteiger partial charge in [0.05, 0.1) is 0 Å². The van der Waals surface area contributed by atoms with E-state index in [1.165, 1.54) is 5.56 Å². The number of aryl methyl sites for hydroxylation is 1. The maximum atomic E-state index is 10.1. The fourth-order valence-electron chi connectivity index (χ4n) is 1.77. The molecule has 0 bridgehead atoms. The summed E-state index contributed by atoms with van der Waals surface area (Å²) in [5.74, 6) is 0. The Morgan fingerprint density at radius 1 is 1.19 bits per heavy atom. The Balaban J connectivity index is 2.15. The van der Waals surface area contributed by atoms with Crippen molar-refractivity contribution in [2.45, 2.75) is 25.9 Å². The number of hydrogen-bond acceptors (Lipinski definition) is 2. The molecule has 0 aliphatic heterocycles. The molecule has 1 nitrogen and oxygen atoms in total. The van der Waals surface area contributed by atoms with Crippen LogP contribution < -0.4 is 0 Å². The maximum absolute atomic E-state index is 10.1. The first-order valence-corrected chi connectivity index (χ1v) is 6.49. The van der Waals surface area contributed by atoms with Crippen LogP contribution >= 0.6 is 11.3 Å². The summed E-state index contributed by atoms with van der Waals surface area (Å²) in [6.07, 6.45) is 1.79. The van der Waals surface area contributed by atoms with Crippen molar-refractivity contribution in [1.29, 1.82) is 0 Å². The molecule has 0 aliphatic carbocycles. The van der Waals surface area contributed by atoms with Crippen molar-refractivity contribution in [2.75, 3.05) is 0 Å². The molecule has 1 aromatic carbocycles. The van der Waals surface area contributed by atoms with Gasteiger partial charge in [0.2, 0.25) is 0 Å². The molecular weight excluding hydrogens is 216 g/mol. The predicted octanol–water partition coefficient (Wildman–Crippen LogP) is 3.78. The van der Waals surface area contributed by atoms with Crippen LogP contribution in [0, 0.1) is 0 Å². The van der Waals surface area contributed by atoms with Crippen LogP contribution in [0.2, 0.25) is 0 Å². The van der Waals surface area contributed by atoms with Gasteiger partial charge in [-0.3, -0.25) is 0 Å². The fraction of sp³-hybridized carbons (Fsp3) is 0.286. The maximum Gasteiger partial charge on any atom is 0.113 e. The summed E-state index contributed by atoms with van der Waals surface area (Å²) in [6.45, 7) is 2.18. The molecule has 1 heterocycles. The summed E-state index contributed by atoms with van der Waals surface area (Å²) in [5, 5.41) is 12.1. The summed E-state index contributed by atoms with van der Waals surface area (Å²) >= 11 is 1.59. The molecule has 2 aromatic rings. The molecule has 84 valence electrons. The van der Waals surface area contributed by atoms with E-state index in [1.54, 1.807) is 11.3 Å². The zero-order chi connectivity index (χ0) is 11.4. The Morgan fingerprint density at radius 3 is 2.50 bits per heavy atom. The summed E-state index contributed by atoms with van der Waals surface area (Å²) in [7, 11) is 0. The Bertz CT molecular complexity index is 417. The molecule has 0 aliphatic rings. The highest BCUT2D eigenvalue weighted by Gasteiger charge is 2.10. The standard InChI is InChI=1S/C14H16OS/c1-2-4-11-6-8-12(9-7-11)14(15)13-5-3-10-16-13/h3,5-10,14-15H,2,4H2,1H3/t14-/m0/s1. The number of rotatable bonds is 4. The molecule has 0 amide bonds. The van der Waals surface area contributed by atoms with Gasteiger partial charge in [0.1, 0.15) is 6.10 Å². The third-order valence-electron chi connectivity index (χ3n) is 2.65. The van der Waals surface area contributed by atoms with E-state index in [-0.39, 0.29) is 0 Å². The van der Waals surface area contributed by atoms with Gasteiger partial charge in [-0.25, -0.2) is 0 Å². The lowest BCUT2D eigenvalue weighted by Crippen LogP contribution is -1.97. The van der Waals surface area contributed by atoms with Crippen LogP contribution in [0.4, 0.5) is 0 Å². The molecule has 0 spiro atoms. The van der Waals surface area contributed by atoms with Crippen molar-refractivity contribution >= 4 is 11.3 Å². The number of benzene rings is 1. The first kappa shape index (κ1) is 11.4. The lowest BCUT2D eigenvalue weighted by Gasteiger charge is -2.09. The van der Waals surface area contributed by atoms with E-state index in [4.69, 9.17) is 0 Å². The van der Waals surface area contributed by atoms with Crippen LogP contribution in [-0.4, -0.2) is 5.11 Å². The molecule has 16 heavy (non-hydrogen) atoms. The minimum atomic E-state index is -0.476. The zero-order valence-electron chi connectivity index (χ0n) is 9.39. The van der Waals surface area contributed by atoms with E-state index < -0.39 is 6.10 Å². The molecule has 0 saturated carbocycles. The zero-order valence-corrected chi connectivity index (χ0v) is 10.2. The Kier molecular flexibility index (Phi) is 3.75. The molecular formula is C14H16OS. The van der Waals surface area contributed by atoms with Gasteiger partial charge < -0.3 is 5.11 Å². The lowest BCUT2D eigenvalue weighted by molar-refractivity contribution is 0.224. The second-order valence-corrected chi connectivity index (χ2v) is 4.89. The smallest absolute Gasteiger partial charge is 0.113 e. The third-order valence-corrected chi connectivity index (χ3v) is 3.57. The van der Waals surface area contributed by atoms with Crippen LogP contribution in [-0.2, 0) is 6.42 Å². The molecule has 2 heteroatoms. The van der Waals surface area contributed by atoms with Crippen LogP contribution in [0.3, 0.4) is 0 Å². The van der Waals surface area contributed by atoms with Crippen LogP contribution in [0.25, 0.3) is 0 Å². The van der Waals surface area contributed by atoms with Gasteiger partial charge in [-0.2, -0.15) is 0 Å². The van der Waals surface area contributed by atoms with E-state index in [9.17, 15) is 5.11 Å². The van der Waals surface area contributed by atoms with Crippen LogP contribution in [0.1, 0.15) is 35.5 Å². The van der Waals surface area contributed by atoms with E-state index in [0.29, 0.717) is 0 Å². The van der Waals surface area contributed by atoms with Gasteiger partial charge in [0, 0.05) is 4.88 Å². The highest BCUT2D eigenvalue weighted by molar-refractivity contribution is 7.10. The van der Waals surface area contributed by atoms with Gasteiger partial charge in [0.15, 0.2) is 0 Å². The second kappa shape index (κ2) is 5.28. The van der Waals surface area contributed by atoms with E-state index in [0.717, 1.165) is 23.3 Å². The summed E-state index contributed by atoms with van der Waals surface area (Å²) in [4.78, 5) is 1.00. The minimum absolute atomic E-state index is 0.476. The number of hydrogen-bond donors (Lipinski definition) is 1. The molecule has 1 atom stereocenters. The quantitative estimate of drug-likeness (QED) is 0.850. The summed E-state index contributed by atoms with van der Waals surface area (Å²) in [5.41, 5.74) is 2.31. The Hall–Kier alpha value is -1.12. The Labute approximate surface area is 100 Å². The molecule has 0 radical (unpaired) electrons. The van der Waals surface area contributed by atoms with Gasteiger partial charge in [-0.05, 0) is 29.0 Å². The highest BCUT2D eigenvalue weighted by Crippen LogP contribution is 2.25. The molecule has 0 unspecified atom stereocenters. The van der Waals surface area contributed by atoms with Gasteiger partial charge in [0.25, 0.3) is 0 Å². The van der Waals surface area contributed by atoms with Crippen molar-refractivity contribution in [3.8, 4) is 0 Å². The Morgan fingerprint density at radius 2 is 1.94 bits per heavy atom. The predicted molar refractivity (Wildman–Crippen MR) is 68.8 cm³/mol. The van der Waals surface area contributed by atoms with Crippen LogP contribution in [0.15, 0.2) is 41.8 Å². The van der Waals surface area contributed by atoms with Crippen LogP contribution in [0.5, 0.6) is 0 Å². The van der Waals surface area contributed by atoms with Crippen molar-refractivity contribution in [3.05, 3.63) is 57.8 Å². The van der Waals surface area contributed by atoms with Crippen molar-refractivity contribution < 1.29 is 5.11 Å². The molecule has 0 fully saturated rings. The van der Waals surface area contributed by atoms with Gasteiger partial charge in [-0.15, -0.1) is 11.3 Å². The first-order valence-electron chi connectivity index (χ1n) is 5.61. The van der Waals surface area contributed by atoms with E-state index >= 15 is 0 Å². The molecule has 2 rings (SSSR count). The SMILES string of the molecule is CCCc1ccc([C@H](O)c2cccs2)cc1.